The molecule has 0 aromatic heterocycles. The molecular weight excluding hydrogens is 791 g/mol. The Hall–Kier alpha value is -5.15. The number of hydrogen-bond acceptors (Lipinski definition) is 10. The second kappa shape index (κ2) is 15.7. The Kier molecular flexibility index (Phi) is 10.6. The van der Waals surface area contributed by atoms with Gasteiger partial charge >= 0.3 is 0 Å². The maximum absolute atomic E-state index is 13.4. The SMILES string of the molecule is CC1COC2(c3ccccc3Cl)c3cc(Cl)ccc3NC(=O)CN12.CN1CCN(/C=C2\N=C3CN=C(c4ccccc4Cl)c4cc([N+](=O)[O-])ccc4N3C2=O)CC1. The second-order valence-electron chi connectivity index (χ2n) is 14.3. The highest BCUT2D eigenvalue weighted by Gasteiger charge is 2.53. The van der Waals surface area contributed by atoms with E-state index >= 15 is 0 Å². The molecule has 13 nitrogen and oxygen atoms in total. The van der Waals surface area contributed by atoms with Crippen molar-refractivity contribution in [3.05, 3.63) is 144 Å². The number of nitrogens with one attached hydrogen (secondary N) is 1. The number of amides is 2. The number of piperazine rings is 1. The zero-order valence-corrected chi connectivity index (χ0v) is 33.3. The van der Waals surface area contributed by atoms with Gasteiger partial charge in [-0.05, 0) is 50.4 Å². The van der Waals surface area contributed by atoms with Crippen molar-refractivity contribution in [1.29, 1.82) is 0 Å². The number of amidine groups is 1. The number of nitro benzene ring substituents is 1. The van der Waals surface area contributed by atoms with E-state index in [2.05, 4.69) is 27.2 Å². The minimum absolute atomic E-state index is 0.0666. The van der Waals surface area contributed by atoms with Gasteiger partial charge in [0, 0.05) is 93.6 Å². The van der Waals surface area contributed by atoms with Crippen LogP contribution in [-0.4, -0.2) is 102 Å². The Balaban J connectivity index is 0.000000168. The highest BCUT2D eigenvalue weighted by atomic mass is 35.5. The average Bonchev–Trinajstić information content (AvgIpc) is 3.57. The van der Waals surface area contributed by atoms with Crippen LogP contribution in [0.5, 0.6) is 0 Å². The average molecular weight is 828 g/mol. The van der Waals surface area contributed by atoms with Crippen LogP contribution in [0.3, 0.4) is 0 Å². The number of nitrogens with zero attached hydrogens (tertiary/aromatic N) is 7. The van der Waals surface area contributed by atoms with Crippen molar-refractivity contribution in [3.8, 4) is 0 Å². The van der Waals surface area contributed by atoms with Crippen molar-refractivity contribution in [3.63, 3.8) is 0 Å². The molecule has 57 heavy (non-hydrogen) atoms. The summed E-state index contributed by atoms with van der Waals surface area (Å²) in [5.74, 6) is 0.136. The minimum atomic E-state index is -0.933. The number of nitro groups is 1. The number of fused-ring (bicyclic) bond motifs is 6. The molecule has 0 saturated carbocycles. The van der Waals surface area contributed by atoms with E-state index in [1.165, 1.54) is 17.0 Å². The fraction of sp³-hybridized carbons (Fsp3) is 0.268. The number of benzene rings is 4. The van der Waals surface area contributed by atoms with Crippen LogP contribution in [0, 0.1) is 10.1 Å². The van der Waals surface area contributed by atoms with Crippen LogP contribution >= 0.6 is 34.8 Å². The van der Waals surface area contributed by atoms with E-state index in [1.54, 1.807) is 30.5 Å². The highest BCUT2D eigenvalue weighted by molar-refractivity contribution is 6.38. The third-order valence-corrected chi connectivity index (χ3v) is 11.5. The molecule has 2 fully saturated rings. The fourth-order valence-electron chi connectivity index (χ4n) is 7.76. The van der Waals surface area contributed by atoms with Gasteiger partial charge in [0.2, 0.25) is 5.91 Å². The lowest BCUT2D eigenvalue weighted by Crippen LogP contribution is -2.47. The standard InChI is InChI=1S/C23H21ClN6O3.C18H16Cl2N2O2/c1-27-8-10-28(11-9-27)14-19-23(31)29-20-7-6-15(30(32)33)12-17(20)22(25-13-21(29)26-19)16-4-2-3-5-18(16)24;1-11-10-24-18(13-4-2-3-5-15(13)20)14-8-12(19)6-7-16(14)21-17(23)9-22(11)18/h2-7,12,14H,8-11,13H2,1H3;2-8,11H,9-10H2,1H3,(H,21,23)/b19-14-;. The number of carbonyl (C=O) groups is 2. The van der Waals surface area contributed by atoms with Crippen molar-refractivity contribution in [2.24, 2.45) is 9.98 Å². The smallest absolute Gasteiger partial charge is 0.284 e. The molecule has 2 saturated heterocycles. The van der Waals surface area contributed by atoms with Crippen LogP contribution < -0.4 is 10.2 Å². The Morgan fingerprint density at radius 2 is 1.65 bits per heavy atom. The molecular formula is C41H37Cl3N8O5. The van der Waals surface area contributed by atoms with Crippen molar-refractivity contribution < 1.29 is 19.2 Å². The van der Waals surface area contributed by atoms with Gasteiger partial charge in [-0.25, -0.2) is 4.99 Å². The summed E-state index contributed by atoms with van der Waals surface area (Å²) < 4.78 is 6.32. The molecule has 0 spiro atoms. The first-order valence-electron chi connectivity index (χ1n) is 18.3. The normalized spacial score (nSPS) is 22.5. The van der Waals surface area contributed by atoms with Crippen molar-refractivity contribution >= 4 is 75.2 Å². The largest absolute Gasteiger partial charge is 0.373 e. The first-order valence-corrected chi connectivity index (χ1v) is 19.5. The van der Waals surface area contributed by atoms with Gasteiger partial charge in [-0.3, -0.25) is 34.5 Å². The lowest BCUT2D eigenvalue weighted by molar-refractivity contribution is -0.384. The van der Waals surface area contributed by atoms with Crippen LogP contribution in [-0.2, 0) is 20.1 Å². The molecule has 1 N–H and O–H groups in total. The van der Waals surface area contributed by atoms with E-state index in [0.29, 0.717) is 61.4 Å². The topological polar surface area (TPSA) is 136 Å². The second-order valence-corrected chi connectivity index (χ2v) is 15.5. The van der Waals surface area contributed by atoms with Gasteiger partial charge in [-0.2, -0.15) is 0 Å². The van der Waals surface area contributed by atoms with Crippen LogP contribution in [0.15, 0.2) is 107 Å². The molecule has 5 aliphatic heterocycles. The van der Waals surface area contributed by atoms with Crippen LogP contribution in [0.1, 0.15) is 29.2 Å². The summed E-state index contributed by atoms with van der Waals surface area (Å²) in [6.45, 7) is 6.37. The molecule has 2 amide bonds. The quantitative estimate of drug-likeness (QED) is 0.135. The number of hydrogen-bond donors (Lipinski definition) is 1. The Bertz CT molecular complexity index is 2400. The van der Waals surface area contributed by atoms with E-state index < -0.39 is 10.6 Å². The summed E-state index contributed by atoms with van der Waals surface area (Å²) in [5.41, 5.74) is 3.74. The summed E-state index contributed by atoms with van der Waals surface area (Å²) in [4.78, 5) is 54.0. The zero-order valence-electron chi connectivity index (χ0n) is 31.0. The van der Waals surface area contributed by atoms with E-state index in [-0.39, 0.29) is 36.6 Å². The number of anilines is 2. The zero-order chi connectivity index (χ0) is 40.0. The molecule has 0 aliphatic carbocycles. The molecule has 4 aromatic carbocycles. The molecule has 5 heterocycles. The van der Waals surface area contributed by atoms with Gasteiger partial charge in [-0.15, -0.1) is 0 Å². The van der Waals surface area contributed by atoms with Gasteiger partial charge in [0.25, 0.3) is 11.6 Å². The lowest BCUT2D eigenvalue weighted by atomic mass is 9.91. The third kappa shape index (κ3) is 7.20. The summed E-state index contributed by atoms with van der Waals surface area (Å²) in [6.07, 6.45) is 1.81. The van der Waals surface area contributed by atoms with Gasteiger partial charge < -0.3 is 19.9 Å². The Morgan fingerprint density at radius 1 is 0.912 bits per heavy atom. The maximum Gasteiger partial charge on any atom is 0.284 e. The molecule has 5 aliphatic rings. The predicted octanol–water partition coefficient (Wildman–Crippen LogP) is 6.80. The predicted molar refractivity (Wildman–Crippen MR) is 222 cm³/mol. The van der Waals surface area contributed by atoms with E-state index in [0.717, 1.165) is 37.3 Å². The van der Waals surface area contributed by atoms with E-state index in [1.807, 2.05) is 60.4 Å². The van der Waals surface area contributed by atoms with Crippen molar-refractivity contribution in [2.45, 2.75) is 18.7 Å². The lowest BCUT2D eigenvalue weighted by Gasteiger charge is -2.38. The third-order valence-electron chi connectivity index (χ3n) is 10.6. The molecule has 0 bridgehead atoms. The van der Waals surface area contributed by atoms with Crippen LogP contribution in [0.4, 0.5) is 17.1 Å². The molecule has 9 rings (SSSR count). The number of likely N-dealkylation sites (N-methyl/N-ethyl adjacent to an activating group) is 1. The first-order chi connectivity index (χ1) is 27.4. The van der Waals surface area contributed by atoms with Crippen LogP contribution in [0.25, 0.3) is 0 Å². The number of rotatable bonds is 4. The van der Waals surface area contributed by atoms with Crippen LogP contribution in [0.2, 0.25) is 15.1 Å². The molecule has 2 unspecified atom stereocenters. The molecule has 2 atom stereocenters. The molecule has 4 aromatic rings. The first kappa shape index (κ1) is 38.7. The monoisotopic (exact) mass is 826 g/mol. The fourth-order valence-corrected chi connectivity index (χ4v) is 8.42. The minimum Gasteiger partial charge on any atom is -0.373 e. The maximum atomic E-state index is 13.4. The number of non-ortho nitro benzene ring substituents is 1. The highest BCUT2D eigenvalue weighted by Crippen LogP contribution is 2.49. The van der Waals surface area contributed by atoms with E-state index in [9.17, 15) is 19.7 Å². The summed E-state index contributed by atoms with van der Waals surface area (Å²) >= 11 is 19.2. The van der Waals surface area contributed by atoms with Gasteiger partial charge in [0.05, 0.1) is 36.0 Å². The molecule has 292 valence electrons. The van der Waals surface area contributed by atoms with Gasteiger partial charge in [0.15, 0.2) is 5.72 Å². The van der Waals surface area contributed by atoms with Crippen molar-refractivity contribution in [2.75, 3.05) is 63.1 Å². The Labute approximate surface area is 343 Å². The summed E-state index contributed by atoms with van der Waals surface area (Å²) in [6, 6.07) is 24.6. The van der Waals surface area contributed by atoms with Crippen molar-refractivity contribution in [1.82, 2.24) is 14.7 Å². The van der Waals surface area contributed by atoms with E-state index in [4.69, 9.17) is 44.5 Å². The van der Waals surface area contributed by atoms with Gasteiger partial charge in [-0.1, -0.05) is 71.2 Å². The number of carbonyl (C=O) groups excluding carboxylic acids is 2. The summed E-state index contributed by atoms with van der Waals surface area (Å²) in [5, 5.41) is 16.1. The molecule has 16 heteroatoms. The summed E-state index contributed by atoms with van der Waals surface area (Å²) in [7, 11) is 2.07. The Morgan fingerprint density at radius 3 is 2.39 bits per heavy atom. The molecule has 0 radical (unpaired) electrons. The van der Waals surface area contributed by atoms with Gasteiger partial charge in [0.1, 0.15) is 11.5 Å². The number of aliphatic imine (C=N–C) groups is 2. The number of halogens is 3. The number of ether oxygens (including phenoxy) is 1.